The normalized spacial score (nSPS) is 13.4. The fraction of sp³-hybridized carbons (Fsp3) is 0.348. The van der Waals surface area contributed by atoms with Gasteiger partial charge in [-0.15, -0.1) is 0 Å². The maximum Gasteiger partial charge on any atom is 0.262 e. The van der Waals surface area contributed by atoms with Crippen LogP contribution in [0.5, 0.6) is 11.5 Å². The molecule has 0 saturated carbocycles. The van der Waals surface area contributed by atoms with Gasteiger partial charge in [0.2, 0.25) is 5.95 Å². The fourth-order valence-electron chi connectivity index (χ4n) is 3.40. The van der Waals surface area contributed by atoms with Crippen molar-refractivity contribution in [3.63, 3.8) is 0 Å². The number of fused-ring (bicyclic) bond motifs is 2. The number of hydrogen-bond acceptors (Lipinski definition) is 7. The topological polar surface area (TPSA) is 87.0 Å². The lowest BCUT2D eigenvalue weighted by molar-refractivity contribution is 0.141. The molecular formula is C23H26N4O4. The van der Waals surface area contributed by atoms with Crippen molar-refractivity contribution in [1.29, 1.82) is 0 Å². The molecule has 0 spiro atoms. The van der Waals surface area contributed by atoms with Crippen molar-refractivity contribution < 1.29 is 14.2 Å². The molecule has 31 heavy (non-hydrogen) atoms. The minimum atomic E-state index is -0.100. The molecule has 0 unspecified atom stereocenters. The summed E-state index contributed by atoms with van der Waals surface area (Å²) in [5, 5.41) is 5.06. The Morgan fingerprint density at radius 3 is 2.84 bits per heavy atom. The number of hydrazone groups is 1. The Morgan fingerprint density at radius 2 is 2.00 bits per heavy atom. The first kappa shape index (κ1) is 20.9. The summed E-state index contributed by atoms with van der Waals surface area (Å²) in [5.74, 6) is 1.84. The SMILES string of the molecule is CCOCCCn1c(N/N=C(/C)c2ccc3c(c2)OCCO3)nc2ccccc2c1=O. The van der Waals surface area contributed by atoms with Gasteiger partial charge in [0.15, 0.2) is 11.5 Å². The van der Waals surface area contributed by atoms with Gasteiger partial charge in [0.25, 0.3) is 5.56 Å². The summed E-state index contributed by atoms with van der Waals surface area (Å²) in [7, 11) is 0. The summed E-state index contributed by atoms with van der Waals surface area (Å²) >= 11 is 0. The average molecular weight is 422 g/mol. The van der Waals surface area contributed by atoms with Crippen molar-refractivity contribution >= 4 is 22.6 Å². The van der Waals surface area contributed by atoms with Crippen LogP contribution in [0.25, 0.3) is 10.9 Å². The third-order valence-corrected chi connectivity index (χ3v) is 5.02. The molecule has 0 bridgehead atoms. The summed E-state index contributed by atoms with van der Waals surface area (Å²) in [6.45, 7) is 6.62. The van der Waals surface area contributed by atoms with Gasteiger partial charge in [0, 0.05) is 25.3 Å². The highest BCUT2D eigenvalue weighted by atomic mass is 16.6. The number of para-hydroxylation sites is 1. The van der Waals surface area contributed by atoms with Gasteiger partial charge >= 0.3 is 0 Å². The molecule has 0 amide bonds. The molecule has 0 atom stereocenters. The molecule has 2 aromatic carbocycles. The molecule has 1 aromatic heterocycles. The molecule has 162 valence electrons. The number of aromatic nitrogens is 2. The van der Waals surface area contributed by atoms with E-state index in [-0.39, 0.29) is 5.56 Å². The molecule has 3 aromatic rings. The standard InChI is InChI=1S/C23H26N4O4/c1-3-29-12-6-11-27-22(28)18-7-4-5-8-19(18)24-23(27)26-25-16(2)17-9-10-20-21(15-17)31-14-13-30-20/h4-5,7-10,15H,3,6,11-14H2,1-2H3,(H,24,26)/b25-16-. The maximum absolute atomic E-state index is 13.1. The van der Waals surface area contributed by atoms with E-state index in [1.54, 1.807) is 10.6 Å². The number of anilines is 1. The predicted octanol–water partition coefficient (Wildman–Crippen LogP) is 3.43. The van der Waals surface area contributed by atoms with Crippen molar-refractivity contribution in [1.82, 2.24) is 9.55 Å². The highest BCUT2D eigenvalue weighted by Gasteiger charge is 2.14. The van der Waals surface area contributed by atoms with Crippen molar-refractivity contribution in [2.75, 3.05) is 31.9 Å². The summed E-state index contributed by atoms with van der Waals surface area (Å²) in [5.41, 5.74) is 5.15. The lowest BCUT2D eigenvalue weighted by atomic mass is 10.1. The zero-order valence-electron chi connectivity index (χ0n) is 17.8. The second-order valence-electron chi connectivity index (χ2n) is 7.13. The predicted molar refractivity (Wildman–Crippen MR) is 120 cm³/mol. The maximum atomic E-state index is 13.1. The van der Waals surface area contributed by atoms with E-state index in [9.17, 15) is 4.79 Å². The second-order valence-corrected chi connectivity index (χ2v) is 7.13. The molecule has 8 heteroatoms. The molecule has 0 radical (unpaired) electrons. The van der Waals surface area contributed by atoms with Gasteiger partial charge < -0.3 is 14.2 Å². The van der Waals surface area contributed by atoms with Gasteiger partial charge in [0.05, 0.1) is 16.6 Å². The smallest absolute Gasteiger partial charge is 0.262 e. The van der Waals surface area contributed by atoms with Gasteiger partial charge in [-0.3, -0.25) is 9.36 Å². The van der Waals surface area contributed by atoms with Gasteiger partial charge in [-0.2, -0.15) is 5.10 Å². The van der Waals surface area contributed by atoms with E-state index in [1.165, 1.54) is 0 Å². The lowest BCUT2D eigenvalue weighted by Gasteiger charge is -2.18. The zero-order valence-corrected chi connectivity index (χ0v) is 17.8. The number of nitrogens with zero attached hydrogens (tertiary/aromatic N) is 3. The Balaban J connectivity index is 1.62. The first-order chi connectivity index (χ1) is 15.2. The highest BCUT2D eigenvalue weighted by Crippen LogP contribution is 2.30. The molecule has 8 nitrogen and oxygen atoms in total. The van der Waals surface area contributed by atoms with Crippen LogP contribution in [-0.2, 0) is 11.3 Å². The Hall–Kier alpha value is -3.39. The van der Waals surface area contributed by atoms with Crippen molar-refractivity contribution in [2.24, 2.45) is 5.10 Å². The largest absolute Gasteiger partial charge is 0.486 e. The number of nitrogens with one attached hydrogen (secondary N) is 1. The highest BCUT2D eigenvalue weighted by molar-refractivity contribution is 5.99. The third-order valence-electron chi connectivity index (χ3n) is 5.02. The van der Waals surface area contributed by atoms with E-state index in [1.807, 2.05) is 50.2 Å². The van der Waals surface area contributed by atoms with Crippen LogP contribution < -0.4 is 20.5 Å². The summed E-state index contributed by atoms with van der Waals surface area (Å²) < 4.78 is 18.3. The third kappa shape index (κ3) is 4.69. The van der Waals surface area contributed by atoms with Crippen molar-refractivity contribution in [2.45, 2.75) is 26.8 Å². The number of benzene rings is 2. The van der Waals surface area contributed by atoms with E-state index in [0.29, 0.717) is 62.0 Å². The molecule has 4 rings (SSSR count). The van der Waals surface area contributed by atoms with E-state index in [4.69, 9.17) is 14.2 Å². The molecular weight excluding hydrogens is 396 g/mol. The monoisotopic (exact) mass is 422 g/mol. The molecule has 1 aliphatic heterocycles. The van der Waals surface area contributed by atoms with Crippen molar-refractivity contribution in [3.05, 3.63) is 58.4 Å². The first-order valence-corrected chi connectivity index (χ1v) is 10.4. The Kier molecular flexibility index (Phi) is 6.47. The first-order valence-electron chi connectivity index (χ1n) is 10.4. The van der Waals surface area contributed by atoms with Gasteiger partial charge in [-0.1, -0.05) is 12.1 Å². The van der Waals surface area contributed by atoms with Gasteiger partial charge in [-0.25, -0.2) is 10.4 Å². The molecule has 1 N–H and O–H groups in total. The van der Waals surface area contributed by atoms with E-state index >= 15 is 0 Å². The van der Waals surface area contributed by atoms with Crippen LogP contribution in [0.3, 0.4) is 0 Å². The molecule has 2 heterocycles. The van der Waals surface area contributed by atoms with E-state index < -0.39 is 0 Å². The summed E-state index contributed by atoms with van der Waals surface area (Å²) in [4.78, 5) is 17.7. The minimum absolute atomic E-state index is 0.100. The van der Waals surface area contributed by atoms with Crippen LogP contribution in [0.1, 0.15) is 25.8 Å². The quantitative estimate of drug-likeness (QED) is 0.340. The van der Waals surface area contributed by atoms with Gasteiger partial charge in [-0.05, 0) is 50.6 Å². The van der Waals surface area contributed by atoms with Crippen LogP contribution in [-0.4, -0.2) is 41.7 Å². The average Bonchev–Trinajstić information content (AvgIpc) is 2.81. The van der Waals surface area contributed by atoms with E-state index in [0.717, 1.165) is 17.0 Å². The lowest BCUT2D eigenvalue weighted by Crippen LogP contribution is -2.25. The molecule has 1 aliphatic rings. The minimum Gasteiger partial charge on any atom is -0.486 e. The number of ether oxygens (including phenoxy) is 3. The van der Waals surface area contributed by atoms with Crippen LogP contribution >= 0.6 is 0 Å². The molecule has 0 fully saturated rings. The number of rotatable bonds is 8. The summed E-state index contributed by atoms with van der Waals surface area (Å²) in [6, 6.07) is 13.0. The molecule has 0 aliphatic carbocycles. The van der Waals surface area contributed by atoms with E-state index in [2.05, 4.69) is 15.5 Å². The zero-order chi connectivity index (χ0) is 21.6. The van der Waals surface area contributed by atoms with Crippen LogP contribution in [0.15, 0.2) is 52.4 Å². The number of hydrogen-bond donors (Lipinski definition) is 1. The fourth-order valence-corrected chi connectivity index (χ4v) is 3.40. The van der Waals surface area contributed by atoms with Crippen LogP contribution in [0.4, 0.5) is 5.95 Å². The van der Waals surface area contributed by atoms with Crippen molar-refractivity contribution in [3.8, 4) is 11.5 Å². The van der Waals surface area contributed by atoms with Gasteiger partial charge in [0.1, 0.15) is 13.2 Å². The Bertz CT molecular complexity index is 1160. The Morgan fingerprint density at radius 1 is 1.19 bits per heavy atom. The summed E-state index contributed by atoms with van der Waals surface area (Å²) in [6.07, 6.45) is 0.702. The van der Waals surface area contributed by atoms with Crippen LogP contribution in [0, 0.1) is 0 Å². The molecule has 0 saturated heterocycles. The van der Waals surface area contributed by atoms with Crippen LogP contribution in [0.2, 0.25) is 0 Å². The second kappa shape index (κ2) is 9.61. The Labute approximate surface area is 180 Å².